The van der Waals surface area contributed by atoms with Crippen LogP contribution < -0.4 is 10.1 Å². The summed E-state index contributed by atoms with van der Waals surface area (Å²) in [5, 5.41) is 29.5. The van der Waals surface area contributed by atoms with Crippen LogP contribution in [0.15, 0.2) is 54.6 Å². The third-order valence-corrected chi connectivity index (χ3v) is 4.32. The Bertz CT molecular complexity index is 756. The smallest absolute Gasteiger partial charge is 0.406 e. The molecule has 2 rings (SSSR count). The van der Waals surface area contributed by atoms with E-state index in [0.717, 1.165) is 24.2 Å². The molecule has 0 aliphatic rings. The number of aliphatic hydroxyl groups is 1. The molecule has 1 amide bonds. The summed E-state index contributed by atoms with van der Waals surface area (Å²) >= 11 is 0. The van der Waals surface area contributed by atoms with Gasteiger partial charge in [0.1, 0.15) is 5.75 Å². The molecule has 0 aliphatic heterocycles. The van der Waals surface area contributed by atoms with Gasteiger partial charge in [-0.05, 0) is 48.9 Å². The number of aryl methyl sites for hydroxylation is 2. The van der Waals surface area contributed by atoms with E-state index in [1.54, 1.807) is 0 Å². The highest BCUT2D eigenvalue weighted by molar-refractivity contribution is 5.66. The number of ether oxygens (including phenoxy) is 1. The average Bonchev–Trinajstić information content (AvgIpc) is 2.70. The summed E-state index contributed by atoms with van der Waals surface area (Å²) in [5.74, 6) is 0.768. The van der Waals surface area contributed by atoms with Gasteiger partial charge in [-0.2, -0.15) is 5.26 Å². The summed E-state index contributed by atoms with van der Waals surface area (Å²) < 4.78 is 5.74. The molecule has 2 aromatic rings. The zero-order chi connectivity index (χ0) is 19.5. The van der Waals surface area contributed by atoms with Crippen molar-refractivity contribution in [2.45, 2.75) is 31.2 Å². The van der Waals surface area contributed by atoms with E-state index in [2.05, 4.69) is 17.4 Å². The Labute approximate surface area is 159 Å². The number of amides is 1. The first-order valence-corrected chi connectivity index (χ1v) is 8.86. The quantitative estimate of drug-likeness (QED) is 0.559. The Morgan fingerprint density at radius 2 is 1.74 bits per heavy atom. The zero-order valence-electron chi connectivity index (χ0n) is 15.1. The highest BCUT2D eigenvalue weighted by Gasteiger charge is 2.30. The Kier molecular flexibility index (Phi) is 7.65. The first-order chi connectivity index (χ1) is 13.1. The van der Waals surface area contributed by atoms with Crippen LogP contribution in [0.4, 0.5) is 4.79 Å². The van der Waals surface area contributed by atoms with Crippen molar-refractivity contribution in [1.82, 2.24) is 5.32 Å². The molecular formula is C21H24N2O4. The Morgan fingerprint density at radius 3 is 2.33 bits per heavy atom. The lowest BCUT2D eigenvalue weighted by atomic mass is 9.93. The molecule has 1 atom stereocenters. The molecule has 0 spiro atoms. The van der Waals surface area contributed by atoms with Gasteiger partial charge in [0.05, 0.1) is 19.3 Å². The van der Waals surface area contributed by atoms with Gasteiger partial charge < -0.3 is 20.3 Å². The predicted molar refractivity (Wildman–Crippen MR) is 102 cm³/mol. The van der Waals surface area contributed by atoms with Crippen molar-refractivity contribution in [3.63, 3.8) is 0 Å². The van der Waals surface area contributed by atoms with Crippen LogP contribution in [-0.4, -0.2) is 35.1 Å². The third-order valence-electron chi connectivity index (χ3n) is 4.32. The summed E-state index contributed by atoms with van der Waals surface area (Å²) in [6, 6.07) is 19.6. The fraction of sp³-hybridized carbons (Fsp3) is 0.333. The minimum atomic E-state index is -1.49. The maximum atomic E-state index is 10.8. The molecule has 1 unspecified atom stereocenters. The minimum absolute atomic E-state index is 0.184. The van der Waals surface area contributed by atoms with Crippen LogP contribution in [-0.2, 0) is 12.8 Å². The van der Waals surface area contributed by atoms with Gasteiger partial charge in [0.25, 0.3) is 0 Å². The monoisotopic (exact) mass is 368 g/mol. The largest absolute Gasteiger partial charge is 0.494 e. The molecule has 0 bridgehead atoms. The maximum absolute atomic E-state index is 10.8. The SMILES string of the molecule is N#CC(CO)(CCc1ccc(OCCCc2ccccc2)cc1)NC(=O)O. The number of nitrogens with zero attached hydrogens (tertiary/aromatic N) is 1. The lowest BCUT2D eigenvalue weighted by Gasteiger charge is -2.23. The van der Waals surface area contributed by atoms with Gasteiger partial charge in [0, 0.05) is 0 Å². The van der Waals surface area contributed by atoms with Gasteiger partial charge in [-0.15, -0.1) is 0 Å². The Balaban J connectivity index is 1.79. The molecule has 27 heavy (non-hydrogen) atoms. The molecule has 3 N–H and O–H groups in total. The minimum Gasteiger partial charge on any atom is -0.494 e. The van der Waals surface area contributed by atoms with Crippen molar-refractivity contribution in [3.8, 4) is 11.8 Å². The molecule has 0 radical (unpaired) electrons. The van der Waals surface area contributed by atoms with Crippen LogP contribution in [0.25, 0.3) is 0 Å². The van der Waals surface area contributed by atoms with E-state index in [1.165, 1.54) is 5.56 Å². The van der Waals surface area contributed by atoms with Gasteiger partial charge in [-0.25, -0.2) is 4.79 Å². The van der Waals surface area contributed by atoms with Crippen molar-refractivity contribution in [1.29, 1.82) is 5.26 Å². The van der Waals surface area contributed by atoms with Gasteiger partial charge >= 0.3 is 6.09 Å². The van der Waals surface area contributed by atoms with Crippen molar-refractivity contribution < 1.29 is 19.7 Å². The molecule has 2 aromatic carbocycles. The first-order valence-electron chi connectivity index (χ1n) is 8.86. The molecule has 0 heterocycles. The first kappa shape index (κ1) is 20.3. The highest BCUT2D eigenvalue weighted by Crippen LogP contribution is 2.18. The molecule has 142 valence electrons. The van der Waals surface area contributed by atoms with Crippen LogP contribution in [0, 0.1) is 11.3 Å². The summed E-state index contributed by atoms with van der Waals surface area (Å²) in [6.45, 7) is 0.0528. The fourth-order valence-corrected chi connectivity index (χ4v) is 2.73. The molecule has 0 aromatic heterocycles. The number of nitrogens with one attached hydrogen (secondary N) is 1. The predicted octanol–water partition coefficient (Wildman–Crippen LogP) is 3.15. The molecule has 6 nitrogen and oxygen atoms in total. The van der Waals surface area contributed by atoms with E-state index in [1.807, 2.05) is 48.5 Å². The number of hydrogen-bond acceptors (Lipinski definition) is 4. The van der Waals surface area contributed by atoms with E-state index >= 15 is 0 Å². The molecule has 0 fully saturated rings. The second-order valence-corrected chi connectivity index (χ2v) is 6.36. The average molecular weight is 368 g/mol. The fourth-order valence-electron chi connectivity index (χ4n) is 2.73. The summed E-state index contributed by atoms with van der Waals surface area (Å²) in [7, 11) is 0. The lowest BCUT2D eigenvalue weighted by Crippen LogP contribution is -2.50. The van der Waals surface area contributed by atoms with Crippen molar-refractivity contribution in [2.24, 2.45) is 0 Å². The van der Waals surface area contributed by atoms with Crippen LogP contribution in [0.1, 0.15) is 24.0 Å². The number of carbonyl (C=O) groups is 1. The summed E-state index contributed by atoms with van der Waals surface area (Å²) in [5.41, 5.74) is 0.738. The summed E-state index contributed by atoms with van der Waals surface area (Å²) in [6.07, 6.45) is 1.21. The Morgan fingerprint density at radius 1 is 1.07 bits per heavy atom. The molecular weight excluding hydrogens is 344 g/mol. The topological polar surface area (TPSA) is 103 Å². The van der Waals surface area contributed by atoms with E-state index in [-0.39, 0.29) is 6.42 Å². The second-order valence-electron chi connectivity index (χ2n) is 6.36. The van der Waals surface area contributed by atoms with Crippen LogP contribution in [0.5, 0.6) is 5.75 Å². The molecule has 6 heteroatoms. The van der Waals surface area contributed by atoms with Crippen molar-refractivity contribution >= 4 is 6.09 Å². The van der Waals surface area contributed by atoms with E-state index in [0.29, 0.717) is 13.0 Å². The number of aliphatic hydroxyl groups excluding tert-OH is 1. The number of nitriles is 1. The molecule has 0 saturated carbocycles. The van der Waals surface area contributed by atoms with Crippen LogP contribution in [0.2, 0.25) is 0 Å². The highest BCUT2D eigenvalue weighted by atomic mass is 16.5. The summed E-state index contributed by atoms with van der Waals surface area (Å²) in [4.78, 5) is 10.8. The van der Waals surface area contributed by atoms with Crippen molar-refractivity contribution in [2.75, 3.05) is 13.2 Å². The second kappa shape index (κ2) is 10.2. The normalized spacial score (nSPS) is 12.6. The molecule has 0 aliphatic carbocycles. The maximum Gasteiger partial charge on any atom is 0.406 e. The van der Waals surface area contributed by atoms with E-state index < -0.39 is 18.2 Å². The van der Waals surface area contributed by atoms with Gasteiger partial charge in [0.15, 0.2) is 5.54 Å². The third kappa shape index (κ3) is 6.65. The zero-order valence-corrected chi connectivity index (χ0v) is 15.1. The van der Waals surface area contributed by atoms with Crippen molar-refractivity contribution in [3.05, 3.63) is 65.7 Å². The van der Waals surface area contributed by atoms with Gasteiger partial charge in [-0.3, -0.25) is 0 Å². The van der Waals surface area contributed by atoms with Gasteiger partial charge in [-0.1, -0.05) is 42.5 Å². The number of carboxylic acid groups (broad SMARTS) is 1. The lowest BCUT2D eigenvalue weighted by molar-refractivity contribution is 0.157. The standard InChI is InChI=1S/C21H24N2O4/c22-15-21(16-24,23-20(25)26)13-12-18-8-10-19(11-9-18)27-14-4-7-17-5-2-1-3-6-17/h1-3,5-6,8-11,23-24H,4,7,12-14,16H2,(H,25,26). The number of rotatable bonds is 10. The van der Waals surface area contributed by atoms with Crippen LogP contribution >= 0.6 is 0 Å². The van der Waals surface area contributed by atoms with Crippen LogP contribution in [0.3, 0.4) is 0 Å². The molecule has 0 saturated heterocycles. The Hall–Kier alpha value is -3.04. The number of hydrogen-bond donors (Lipinski definition) is 3. The number of benzene rings is 2. The van der Waals surface area contributed by atoms with Gasteiger partial charge in [0.2, 0.25) is 0 Å². The van der Waals surface area contributed by atoms with E-state index in [4.69, 9.17) is 9.84 Å². The van der Waals surface area contributed by atoms with E-state index in [9.17, 15) is 15.2 Å².